The van der Waals surface area contributed by atoms with Crippen molar-refractivity contribution in [3.8, 4) is 0 Å². The summed E-state index contributed by atoms with van der Waals surface area (Å²) in [6.45, 7) is 2.42. The van der Waals surface area contributed by atoms with Crippen molar-refractivity contribution in [2.45, 2.75) is 56.6 Å². The number of amides is 1. The molecule has 1 aliphatic carbocycles. The molecule has 2 fully saturated rings. The normalized spacial score (nSPS) is 19.6. The second kappa shape index (κ2) is 6.57. The van der Waals surface area contributed by atoms with Crippen molar-refractivity contribution in [3.05, 3.63) is 22.1 Å². The van der Waals surface area contributed by atoms with Gasteiger partial charge in [-0.2, -0.15) is 0 Å². The first-order valence-corrected chi connectivity index (χ1v) is 10.6. The first kappa shape index (κ1) is 17.3. The van der Waals surface area contributed by atoms with Gasteiger partial charge in [0.2, 0.25) is 11.1 Å². The summed E-state index contributed by atoms with van der Waals surface area (Å²) in [7, 11) is -1.32. The van der Waals surface area contributed by atoms with Crippen LogP contribution in [-0.2, 0) is 15.6 Å². The Hall–Kier alpha value is -2.09. The standard InChI is InChI=1S/C18H22N4O3S/c1-11-13-10-19-18(26(2)25)20-16(13)22(12-6-3-4-7-12)17(24)15(11)21-9-5-8-14(21)23/h10,12H,3-9H2,1-2H3. The number of hydrogen-bond donors (Lipinski definition) is 0. The molecule has 2 aromatic heterocycles. The molecular weight excluding hydrogens is 352 g/mol. The van der Waals surface area contributed by atoms with E-state index < -0.39 is 10.8 Å². The molecule has 0 radical (unpaired) electrons. The predicted octanol–water partition coefficient (Wildman–Crippen LogP) is 2.08. The molecule has 1 aliphatic heterocycles. The molecule has 1 atom stereocenters. The van der Waals surface area contributed by atoms with Gasteiger partial charge in [0.05, 0.1) is 10.8 Å². The van der Waals surface area contributed by atoms with Gasteiger partial charge < -0.3 is 4.90 Å². The largest absolute Gasteiger partial charge is 0.307 e. The molecule has 7 nitrogen and oxygen atoms in total. The molecule has 3 heterocycles. The van der Waals surface area contributed by atoms with Gasteiger partial charge >= 0.3 is 0 Å². The van der Waals surface area contributed by atoms with Gasteiger partial charge in [0.15, 0.2) is 0 Å². The number of nitrogens with zero attached hydrogens (tertiary/aromatic N) is 4. The van der Waals surface area contributed by atoms with Crippen LogP contribution < -0.4 is 10.5 Å². The minimum atomic E-state index is -1.32. The molecule has 0 bridgehead atoms. The lowest BCUT2D eigenvalue weighted by Gasteiger charge is -2.24. The number of carbonyl (C=O) groups is 1. The highest BCUT2D eigenvalue weighted by molar-refractivity contribution is 7.84. The molecule has 2 aromatic rings. The van der Waals surface area contributed by atoms with Gasteiger partial charge in [-0.1, -0.05) is 12.8 Å². The van der Waals surface area contributed by atoms with E-state index in [0.717, 1.165) is 43.1 Å². The van der Waals surface area contributed by atoms with E-state index in [1.165, 1.54) is 6.26 Å². The molecule has 0 spiro atoms. The Morgan fingerprint density at radius 3 is 2.54 bits per heavy atom. The summed E-state index contributed by atoms with van der Waals surface area (Å²) in [5.74, 6) is -0.00489. The zero-order chi connectivity index (χ0) is 18.4. The summed E-state index contributed by atoms with van der Waals surface area (Å²) >= 11 is 0. The number of rotatable bonds is 3. The summed E-state index contributed by atoms with van der Waals surface area (Å²) in [6.07, 6.45) is 8.39. The minimum absolute atomic E-state index is 0.00489. The molecule has 1 saturated heterocycles. The quantitative estimate of drug-likeness (QED) is 0.768. The van der Waals surface area contributed by atoms with E-state index in [4.69, 9.17) is 0 Å². The average Bonchev–Trinajstić information content (AvgIpc) is 3.27. The van der Waals surface area contributed by atoms with Crippen molar-refractivity contribution in [2.75, 3.05) is 17.7 Å². The molecule has 26 heavy (non-hydrogen) atoms. The zero-order valence-electron chi connectivity index (χ0n) is 15.0. The van der Waals surface area contributed by atoms with Crippen molar-refractivity contribution in [2.24, 2.45) is 0 Å². The van der Waals surface area contributed by atoms with Crippen LogP contribution in [-0.4, -0.2) is 37.5 Å². The minimum Gasteiger partial charge on any atom is -0.307 e. The number of pyridine rings is 1. The summed E-state index contributed by atoms with van der Waals surface area (Å²) in [4.78, 5) is 36.1. The fourth-order valence-corrected chi connectivity index (χ4v) is 4.56. The van der Waals surface area contributed by atoms with Gasteiger partial charge in [-0.15, -0.1) is 0 Å². The monoisotopic (exact) mass is 374 g/mol. The van der Waals surface area contributed by atoms with Crippen LogP contribution in [0.2, 0.25) is 0 Å². The highest BCUT2D eigenvalue weighted by Gasteiger charge is 2.30. The third-order valence-electron chi connectivity index (χ3n) is 5.45. The summed E-state index contributed by atoms with van der Waals surface area (Å²) in [5.41, 5.74) is 1.56. The van der Waals surface area contributed by atoms with Crippen molar-refractivity contribution in [1.82, 2.24) is 14.5 Å². The van der Waals surface area contributed by atoms with Crippen LogP contribution in [0.4, 0.5) is 5.69 Å². The number of anilines is 1. The molecule has 1 saturated carbocycles. The van der Waals surface area contributed by atoms with Crippen molar-refractivity contribution < 1.29 is 9.00 Å². The maximum absolute atomic E-state index is 13.4. The third kappa shape index (κ3) is 2.67. The molecular formula is C18H22N4O3S. The predicted molar refractivity (Wildman–Crippen MR) is 100.0 cm³/mol. The Morgan fingerprint density at radius 1 is 1.19 bits per heavy atom. The first-order valence-electron chi connectivity index (χ1n) is 9.04. The molecule has 8 heteroatoms. The van der Waals surface area contributed by atoms with Crippen molar-refractivity contribution in [3.63, 3.8) is 0 Å². The maximum Gasteiger partial charge on any atom is 0.276 e. The van der Waals surface area contributed by atoms with Crippen LogP contribution >= 0.6 is 0 Å². The highest BCUT2D eigenvalue weighted by Crippen LogP contribution is 2.34. The molecule has 138 valence electrons. The summed E-state index contributed by atoms with van der Waals surface area (Å²) < 4.78 is 13.6. The van der Waals surface area contributed by atoms with E-state index >= 15 is 0 Å². The molecule has 1 unspecified atom stereocenters. The lowest BCUT2D eigenvalue weighted by molar-refractivity contribution is -0.117. The number of aryl methyl sites for hydroxylation is 1. The summed E-state index contributed by atoms with van der Waals surface area (Å²) in [6, 6.07) is 0.0649. The maximum atomic E-state index is 13.4. The molecule has 1 amide bonds. The van der Waals surface area contributed by atoms with Crippen LogP contribution in [0.25, 0.3) is 11.0 Å². The molecule has 4 rings (SSSR count). The second-order valence-corrected chi connectivity index (χ2v) is 8.35. The highest BCUT2D eigenvalue weighted by atomic mass is 32.2. The fraction of sp³-hybridized carbons (Fsp3) is 0.556. The van der Waals surface area contributed by atoms with Crippen LogP contribution in [0.15, 0.2) is 16.1 Å². The van der Waals surface area contributed by atoms with Crippen LogP contribution in [0, 0.1) is 6.92 Å². The number of carbonyl (C=O) groups excluding carboxylic acids is 1. The van der Waals surface area contributed by atoms with E-state index in [0.29, 0.717) is 24.3 Å². The van der Waals surface area contributed by atoms with Crippen molar-refractivity contribution in [1.29, 1.82) is 0 Å². The fourth-order valence-electron chi connectivity index (χ4n) is 4.15. The van der Waals surface area contributed by atoms with Gasteiger partial charge in [0.1, 0.15) is 11.3 Å². The van der Waals surface area contributed by atoms with E-state index in [1.54, 1.807) is 15.7 Å². The summed E-state index contributed by atoms with van der Waals surface area (Å²) in [5, 5.41) is 0.980. The van der Waals surface area contributed by atoms with Crippen LogP contribution in [0.3, 0.4) is 0 Å². The van der Waals surface area contributed by atoms with Gasteiger partial charge in [-0.25, -0.2) is 9.97 Å². The number of hydrogen-bond acceptors (Lipinski definition) is 5. The lowest BCUT2D eigenvalue weighted by atomic mass is 10.1. The van der Waals surface area contributed by atoms with Gasteiger partial charge in [0, 0.05) is 36.8 Å². The number of fused-ring (bicyclic) bond motifs is 1. The molecule has 0 N–H and O–H groups in total. The van der Waals surface area contributed by atoms with Gasteiger partial charge in [-0.05, 0) is 31.7 Å². The Morgan fingerprint density at radius 2 is 1.92 bits per heavy atom. The Balaban J connectivity index is 2.05. The lowest BCUT2D eigenvalue weighted by Crippen LogP contribution is -2.35. The van der Waals surface area contributed by atoms with E-state index in [2.05, 4.69) is 9.97 Å². The molecule has 0 aromatic carbocycles. The number of aromatic nitrogens is 3. The Kier molecular flexibility index (Phi) is 4.38. The third-order valence-corrected chi connectivity index (χ3v) is 6.16. The van der Waals surface area contributed by atoms with E-state index in [9.17, 15) is 13.8 Å². The molecule has 2 aliphatic rings. The Labute approximate surface area is 153 Å². The van der Waals surface area contributed by atoms with Gasteiger partial charge in [0.25, 0.3) is 5.56 Å². The SMILES string of the molecule is Cc1c(N2CCCC2=O)c(=O)n(C2CCCC2)c2nc(S(C)=O)ncc12. The van der Waals surface area contributed by atoms with Gasteiger partial charge in [-0.3, -0.25) is 18.4 Å². The van der Waals surface area contributed by atoms with Crippen molar-refractivity contribution >= 4 is 33.4 Å². The zero-order valence-corrected chi connectivity index (χ0v) is 15.8. The van der Waals surface area contributed by atoms with E-state index in [1.807, 2.05) is 6.92 Å². The smallest absolute Gasteiger partial charge is 0.276 e. The van der Waals surface area contributed by atoms with Crippen LogP contribution in [0.5, 0.6) is 0 Å². The first-order chi connectivity index (χ1) is 12.5. The topological polar surface area (TPSA) is 85.2 Å². The van der Waals surface area contributed by atoms with Crippen LogP contribution in [0.1, 0.15) is 50.1 Å². The van der Waals surface area contributed by atoms with E-state index in [-0.39, 0.29) is 22.7 Å². The second-order valence-electron chi connectivity index (χ2n) is 7.08. The Bertz CT molecular complexity index is 979. The average molecular weight is 374 g/mol.